The van der Waals surface area contributed by atoms with Gasteiger partial charge in [0.25, 0.3) is 0 Å². The standard InChI is InChI=1S/C19H21F3N4OS/c1-4-6-7-13(5-2)26(3)12-25-17-15(10-27)28-18-16(17)14(8-9-23-18)24-11-19(20,21)22/h5-10,12H,4,11H2,1-3H3,(H,23,24)/b7-6-,13-5+,25-12?. The number of nitrogens with one attached hydrogen (secondary N) is 1. The number of alkyl halides is 3. The lowest BCUT2D eigenvalue weighted by Crippen LogP contribution is -2.21. The highest BCUT2D eigenvalue weighted by Gasteiger charge is 2.27. The fraction of sp³-hybridized carbons (Fsp3) is 0.316. The van der Waals surface area contributed by atoms with Crippen LogP contribution >= 0.6 is 11.3 Å². The molecule has 0 amide bonds. The second-order valence-corrected chi connectivity index (χ2v) is 6.85. The van der Waals surface area contributed by atoms with Crippen LogP contribution in [0.4, 0.5) is 24.5 Å². The molecule has 5 nitrogen and oxygen atoms in total. The first-order valence-electron chi connectivity index (χ1n) is 8.57. The third-order valence-electron chi connectivity index (χ3n) is 3.77. The van der Waals surface area contributed by atoms with Crippen LogP contribution in [0.15, 0.2) is 41.2 Å². The fourth-order valence-corrected chi connectivity index (χ4v) is 3.37. The first-order chi connectivity index (χ1) is 13.3. The number of fused-ring (bicyclic) bond motifs is 1. The summed E-state index contributed by atoms with van der Waals surface area (Å²) < 4.78 is 37.8. The molecule has 0 fully saturated rings. The first-order valence-corrected chi connectivity index (χ1v) is 9.39. The van der Waals surface area contributed by atoms with Gasteiger partial charge in [-0.2, -0.15) is 13.2 Å². The van der Waals surface area contributed by atoms with E-state index in [0.29, 0.717) is 27.1 Å². The molecule has 0 aliphatic rings. The minimum Gasteiger partial charge on any atom is -0.376 e. The van der Waals surface area contributed by atoms with Crippen LogP contribution in [0, 0.1) is 0 Å². The zero-order valence-electron chi connectivity index (χ0n) is 15.7. The number of nitrogens with zero attached hydrogens (tertiary/aromatic N) is 3. The van der Waals surface area contributed by atoms with Gasteiger partial charge in [0.05, 0.1) is 22.3 Å². The Balaban J connectivity index is 2.44. The molecule has 9 heteroatoms. The maximum atomic E-state index is 12.6. The van der Waals surface area contributed by atoms with E-state index in [9.17, 15) is 18.0 Å². The maximum Gasteiger partial charge on any atom is 0.405 e. The molecule has 0 saturated heterocycles. The highest BCUT2D eigenvalue weighted by Crippen LogP contribution is 2.40. The van der Waals surface area contributed by atoms with Crippen molar-refractivity contribution in [1.82, 2.24) is 9.88 Å². The van der Waals surface area contributed by atoms with Crippen molar-refractivity contribution in [2.75, 3.05) is 18.9 Å². The van der Waals surface area contributed by atoms with Crippen LogP contribution in [0.3, 0.4) is 0 Å². The summed E-state index contributed by atoms with van der Waals surface area (Å²) in [5.74, 6) is 0. The average molecular weight is 410 g/mol. The molecule has 0 aliphatic heterocycles. The number of carbonyl (C=O) groups excluding carboxylic acids is 1. The van der Waals surface area contributed by atoms with Gasteiger partial charge in [-0.15, -0.1) is 11.3 Å². The molecule has 0 aliphatic carbocycles. The predicted molar refractivity (Wildman–Crippen MR) is 109 cm³/mol. The van der Waals surface area contributed by atoms with Crippen LogP contribution < -0.4 is 5.32 Å². The molecule has 0 radical (unpaired) electrons. The van der Waals surface area contributed by atoms with E-state index in [4.69, 9.17) is 0 Å². The number of halogens is 3. The number of carbonyl (C=O) groups is 1. The fourth-order valence-electron chi connectivity index (χ4n) is 2.44. The highest BCUT2D eigenvalue weighted by molar-refractivity contribution is 7.21. The largest absolute Gasteiger partial charge is 0.405 e. The second kappa shape index (κ2) is 9.50. The molecule has 0 atom stereocenters. The topological polar surface area (TPSA) is 57.6 Å². The van der Waals surface area contributed by atoms with Crippen LogP contribution in [0.25, 0.3) is 10.2 Å². The number of aliphatic imine (C=N–C) groups is 1. The summed E-state index contributed by atoms with van der Waals surface area (Å²) >= 11 is 1.09. The van der Waals surface area contributed by atoms with Crippen LogP contribution in [-0.4, -0.2) is 42.3 Å². The van der Waals surface area contributed by atoms with Crippen LogP contribution in [0.2, 0.25) is 0 Å². The van der Waals surface area contributed by atoms with Gasteiger partial charge in [0.15, 0.2) is 6.29 Å². The summed E-state index contributed by atoms with van der Waals surface area (Å²) in [5.41, 5.74) is 1.43. The Morgan fingerprint density at radius 2 is 2.18 bits per heavy atom. The molecule has 0 aromatic carbocycles. The number of allylic oxidation sites excluding steroid dienone is 3. The summed E-state index contributed by atoms with van der Waals surface area (Å²) in [7, 11) is 1.80. The van der Waals surface area contributed by atoms with Crippen molar-refractivity contribution in [3.63, 3.8) is 0 Å². The lowest BCUT2D eigenvalue weighted by atomic mass is 10.2. The number of rotatable bonds is 8. The van der Waals surface area contributed by atoms with Crippen LogP contribution in [0.1, 0.15) is 29.9 Å². The molecule has 1 N–H and O–H groups in total. The number of anilines is 1. The van der Waals surface area contributed by atoms with Gasteiger partial charge < -0.3 is 10.2 Å². The van der Waals surface area contributed by atoms with E-state index in [1.807, 2.05) is 32.1 Å². The summed E-state index contributed by atoms with van der Waals surface area (Å²) in [6.45, 7) is 2.72. The molecule has 2 aromatic rings. The molecule has 150 valence electrons. The number of likely N-dealkylation sites (N-methyl/N-ethyl adjacent to an activating group) is 1. The minimum absolute atomic E-state index is 0.235. The number of thiophene rings is 1. The van der Waals surface area contributed by atoms with E-state index in [2.05, 4.69) is 15.3 Å². The summed E-state index contributed by atoms with van der Waals surface area (Å²) in [6.07, 6.45) is 5.93. The van der Waals surface area contributed by atoms with Crippen molar-refractivity contribution in [1.29, 1.82) is 0 Å². The Morgan fingerprint density at radius 1 is 1.43 bits per heavy atom. The Kier molecular flexibility index (Phi) is 7.33. The van der Waals surface area contributed by atoms with Crippen molar-refractivity contribution >= 4 is 45.6 Å². The molecule has 0 unspecified atom stereocenters. The Labute approximate surface area is 165 Å². The average Bonchev–Trinajstić information content (AvgIpc) is 3.03. The molecule has 2 aromatic heterocycles. The molecule has 0 spiro atoms. The summed E-state index contributed by atoms with van der Waals surface area (Å²) in [5, 5.41) is 2.77. The van der Waals surface area contributed by atoms with E-state index in [1.165, 1.54) is 18.6 Å². The van der Waals surface area contributed by atoms with Crippen molar-refractivity contribution in [2.45, 2.75) is 26.4 Å². The van der Waals surface area contributed by atoms with Gasteiger partial charge in [-0.3, -0.25) is 4.79 Å². The Morgan fingerprint density at radius 3 is 2.79 bits per heavy atom. The van der Waals surface area contributed by atoms with E-state index >= 15 is 0 Å². The first kappa shape index (κ1) is 21.6. The Bertz CT molecular complexity index is 916. The molecular formula is C19H21F3N4OS. The predicted octanol–water partition coefficient (Wildman–Crippen LogP) is 5.54. The number of pyridine rings is 1. The normalized spacial score (nSPS) is 13.0. The van der Waals surface area contributed by atoms with E-state index in [1.54, 1.807) is 11.9 Å². The van der Waals surface area contributed by atoms with Crippen LogP contribution in [-0.2, 0) is 0 Å². The van der Waals surface area contributed by atoms with Gasteiger partial charge in [-0.05, 0) is 25.5 Å². The number of aldehydes is 1. The van der Waals surface area contributed by atoms with Crippen LogP contribution in [0.5, 0.6) is 0 Å². The number of hydrogen-bond donors (Lipinski definition) is 1. The van der Waals surface area contributed by atoms with Crippen molar-refractivity contribution in [3.8, 4) is 0 Å². The molecule has 0 saturated carbocycles. The van der Waals surface area contributed by atoms with Crippen molar-refractivity contribution in [2.24, 2.45) is 4.99 Å². The molecular weight excluding hydrogens is 389 g/mol. The van der Waals surface area contributed by atoms with Gasteiger partial charge in [0, 0.05) is 24.6 Å². The van der Waals surface area contributed by atoms with Crippen molar-refractivity contribution < 1.29 is 18.0 Å². The lowest BCUT2D eigenvalue weighted by Gasteiger charge is -2.14. The third-order valence-corrected chi connectivity index (χ3v) is 4.78. The monoisotopic (exact) mass is 410 g/mol. The smallest absolute Gasteiger partial charge is 0.376 e. The van der Waals surface area contributed by atoms with E-state index in [-0.39, 0.29) is 5.69 Å². The van der Waals surface area contributed by atoms with E-state index in [0.717, 1.165) is 23.5 Å². The van der Waals surface area contributed by atoms with Gasteiger partial charge >= 0.3 is 6.18 Å². The molecule has 2 rings (SSSR count). The van der Waals surface area contributed by atoms with Gasteiger partial charge in [-0.1, -0.05) is 19.1 Å². The van der Waals surface area contributed by atoms with Gasteiger partial charge in [0.2, 0.25) is 0 Å². The number of aromatic nitrogens is 1. The van der Waals surface area contributed by atoms with Crippen molar-refractivity contribution in [3.05, 3.63) is 41.1 Å². The zero-order chi connectivity index (χ0) is 20.7. The minimum atomic E-state index is -4.37. The molecule has 2 heterocycles. The highest BCUT2D eigenvalue weighted by atomic mass is 32.1. The Hall–Kier alpha value is -2.68. The molecule has 0 bridgehead atoms. The van der Waals surface area contributed by atoms with Gasteiger partial charge in [0.1, 0.15) is 11.4 Å². The zero-order valence-corrected chi connectivity index (χ0v) is 16.6. The summed E-state index contributed by atoms with van der Waals surface area (Å²) in [6, 6.07) is 1.44. The van der Waals surface area contributed by atoms with Gasteiger partial charge in [-0.25, -0.2) is 9.98 Å². The molecule has 28 heavy (non-hydrogen) atoms. The second-order valence-electron chi connectivity index (χ2n) is 5.82. The van der Waals surface area contributed by atoms with E-state index < -0.39 is 12.7 Å². The SMILES string of the molecule is C/C=C(\C=C/CC)N(C)C=Nc1c(C=O)sc2nccc(NCC(F)(F)F)c12. The maximum absolute atomic E-state index is 12.6. The summed E-state index contributed by atoms with van der Waals surface area (Å²) in [4.78, 5) is 22.5. The third kappa shape index (κ3) is 5.41. The number of hydrogen-bond acceptors (Lipinski definition) is 5. The quantitative estimate of drug-likeness (QED) is 0.268. The lowest BCUT2D eigenvalue weighted by molar-refractivity contribution is -0.115.